The zero-order valence-corrected chi connectivity index (χ0v) is 21.8. The lowest BCUT2D eigenvalue weighted by atomic mass is 9.76. The highest BCUT2D eigenvalue weighted by molar-refractivity contribution is 6.04. The van der Waals surface area contributed by atoms with Crippen molar-refractivity contribution in [2.45, 2.75) is 116 Å². The molecule has 1 saturated carbocycles. The standard InChI is InChI=1S/C32H43FO2/c1-3-5-7-8-9-10-11-12-23-14-16-24(17-15-23)26-19-20-27-28-21-18-25(13-6-4-2)30(33)31(28)35-32(34)29(27)22-26/h18-24H,3-17H2,1-2H3. The molecule has 35 heavy (non-hydrogen) atoms. The normalized spacial score (nSPS) is 18.5. The molecule has 1 aliphatic rings. The zero-order valence-electron chi connectivity index (χ0n) is 21.8. The van der Waals surface area contributed by atoms with E-state index in [0.717, 1.165) is 24.1 Å². The van der Waals surface area contributed by atoms with Gasteiger partial charge in [-0.15, -0.1) is 0 Å². The van der Waals surface area contributed by atoms with Crippen molar-refractivity contribution < 1.29 is 8.81 Å². The number of rotatable bonds is 12. The van der Waals surface area contributed by atoms with Crippen LogP contribution in [0.3, 0.4) is 0 Å². The van der Waals surface area contributed by atoms with Crippen LogP contribution >= 0.6 is 0 Å². The molecule has 0 amide bonds. The molecule has 4 rings (SSSR count). The van der Waals surface area contributed by atoms with Gasteiger partial charge in [0.05, 0.1) is 5.39 Å². The lowest BCUT2D eigenvalue weighted by molar-refractivity contribution is 0.302. The molecule has 0 saturated heterocycles. The molecule has 0 N–H and O–H groups in total. The molecule has 0 spiro atoms. The Morgan fingerprint density at radius 1 is 0.800 bits per heavy atom. The van der Waals surface area contributed by atoms with E-state index >= 15 is 4.39 Å². The van der Waals surface area contributed by atoms with Crippen LogP contribution in [0.1, 0.15) is 121 Å². The monoisotopic (exact) mass is 478 g/mol. The summed E-state index contributed by atoms with van der Waals surface area (Å²) in [5, 5.41) is 2.08. The largest absolute Gasteiger partial charge is 0.419 e. The molecule has 0 unspecified atom stereocenters. The third-order valence-electron chi connectivity index (χ3n) is 8.26. The van der Waals surface area contributed by atoms with Gasteiger partial charge in [0.1, 0.15) is 0 Å². The fourth-order valence-corrected chi connectivity index (χ4v) is 6.01. The first-order chi connectivity index (χ1) is 17.1. The summed E-state index contributed by atoms with van der Waals surface area (Å²) in [6, 6.07) is 9.96. The smallest absolute Gasteiger partial charge is 0.344 e. The highest BCUT2D eigenvalue weighted by atomic mass is 19.1. The number of hydrogen-bond acceptors (Lipinski definition) is 2. The van der Waals surface area contributed by atoms with Gasteiger partial charge >= 0.3 is 5.63 Å². The van der Waals surface area contributed by atoms with Crippen molar-refractivity contribution in [2.24, 2.45) is 5.92 Å². The van der Waals surface area contributed by atoms with E-state index in [4.69, 9.17) is 4.42 Å². The maximum Gasteiger partial charge on any atom is 0.344 e. The molecule has 0 atom stereocenters. The molecule has 1 heterocycles. The summed E-state index contributed by atoms with van der Waals surface area (Å²) in [5.41, 5.74) is 1.55. The van der Waals surface area contributed by atoms with E-state index in [0.29, 0.717) is 28.7 Å². The topological polar surface area (TPSA) is 30.2 Å². The van der Waals surface area contributed by atoms with Crippen LogP contribution in [-0.2, 0) is 6.42 Å². The Labute approximate surface area is 210 Å². The quantitative estimate of drug-likeness (QED) is 0.147. The molecule has 3 heteroatoms. The summed E-state index contributed by atoms with van der Waals surface area (Å²) < 4.78 is 20.6. The number of hydrogen-bond donors (Lipinski definition) is 0. The number of aryl methyl sites for hydroxylation is 1. The Balaban J connectivity index is 1.40. The van der Waals surface area contributed by atoms with Crippen molar-refractivity contribution in [3.05, 3.63) is 57.7 Å². The first-order valence-corrected chi connectivity index (χ1v) is 14.3. The minimum atomic E-state index is -0.423. The predicted octanol–water partition coefficient (Wildman–Crippen LogP) is 9.84. The summed E-state index contributed by atoms with van der Waals surface area (Å²) in [4.78, 5) is 12.9. The molecule has 0 aliphatic heterocycles. The van der Waals surface area contributed by atoms with Crippen LogP contribution < -0.4 is 5.63 Å². The molecule has 0 radical (unpaired) electrons. The summed E-state index contributed by atoms with van der Waals surface area (Å²) in [7, 11) is 0. The highest BCUT2D eigenvalue weighted by Gasteiger charge is 2.23. The van der Waals surface area contributed by atoms with Gasteiger partial charge in [0.15, 0.2) is 11.4 Å². The van der Waals surface area contributed by atoms with Crippen LogP contribution in [0.4, 0.5) is 4.39 Å². The van der Waals surface area contributed by atoms with E-state index in [2.05, 4.69) is 19.9 Å². The minimum absolute atomic E-state index is 0.106. The van der Waals surface area contributed by atoms with E-state index in [1.165, 1.54) is 82.6 Å². The predicted molar refractivity (Wildman–Crippen MR) is 146 cm³/mol. The van der Waals surface area contributed by atoms with E-state index in [-0.39, 0.29) is 11.4 Å². The van der Waals surface area contributed by atoms with E-state index in [9.17, 15) is 4.79 Å². The number of halogens is 1. The Kier molecular flexibility index (Phi) is 9.40. The molecule has 2 aromatic carbocycles. The maximum atomic E-state index is 15.1. The van der Waals surface area contributed by atoms with Gasteiger partial charge in [0, 0.05) is 10.8 Å². The molecule has 2 nitrogen and oxygen atoms in total. The summed E-state index contributed by atoms with van der Waals surface area (Å²) in [6.45, 7) is 4.36. The van der Waals surface area contributed by atoms with Crippen molar-refractivity contribution >= 4 is 21.7 Å². The van der Waals surface area contributed by atoms with E-state index < -0.39 is 5.63 Å². The van der Waals surface area contributed by atoms with E-state index in [1.807, 2.05) is 24.3 Å². The van der Waals surface area contributed by atoms with Crippen LogP contribution in [0.15, 0.2) is 39.5 Å². The third-order valence-corrected chi connectivity index (χ3v) is 8.26. The Bertz CT molecular complexity index is 1150. The second-order valence-corrected chi connectivity index (χ2v) is 10.8. The van der Waals surface area contributed by atoms with Gasteiger partial charge in [-0.2, -0.15) is 0 Å². The summed E-state index contributed by atoms with van der Waals surface area (Å²) >= 11 is 0. The third kappa shape index (κ3) is 6.35. The van der Waals surface area contributed by atoms with Crippen LogP contribution in [-0.4, -0.2) is 0 Å². The molecule has 1 aliphatic carbocycles. The fraction of sp³-hybridized carbons (Fsp3) is 0.594. The van der Waals surface area contributed by atoms with Gasteiger partial charge in [-0.05, 0) is 67.6 Å². The Morgan fingerprint density at radius 2 is 1.49 bits per heavy atom. The van der Waals surface area contributed by atoms with Gasteiger partial charge in [-0.3, -0.25) is 0 Å². The second kappa shape index (κ2) is 12.7. The van der Waals surface area contributed by atoms with Gasteiger partial charge in [-0.25, -0.2) is 9.18 Å². The van der Waals surface area contributed by atoms with Crippen molar-refractivity contribution in [1.29, 1.82) is 0 Å². The molecule has 190 valence electrons. The van der Waals surface area contributed by atoms with E-state index in [1.54, 1.807) is 0 Å². The number of benzene rings is 2. The number of fused-ring (bicyclic) bond motifs is 3. The van der Waals surface area contributed by atoms with Crippen molar-refractivity contribution in [1.82, 2.24) is 0 Å². The summed E-state index contributed by atoms with van der Waals surface area (Å²) in [6.07, 6.45) is 18.6. The first-order valence-electron chi connectivity index (χ1n) is 14.3. The van der Waals surface area contributed by atoms with Crippen molar-refractivity contribution in [3.8, 4) is 0 Å². The van der Waals surface area contributed by atoms with Crippen LogP contribution in [0.5, 0.6) is 0 Å². The SMILES string of the molecule is CCCCCCCCCC1CCC(c2ccc3c(c2)c(=O)oc2c(F)c(CCCC)ccc23)CC1. The molecule has 3 aromatic rings. The van der Waals surface area contributed by atoms with Crippen LogP contribution in [0.2, 0.25) is 0 Å². The van der Waals surface area contributed by atoms with Crippen molar-refractivity contribution in [3.63, 3.8) is 0 Å². The highest BCUT2D eigenvalue weighted by Crippen LogP contribution is 2.39. The molecule has 1 aromatic heterocycles. The molecule has 1 fully saturated rings. The van der Waals surface area contributed by atoms with Gasteiger partial charge in [0.25, 0.3) is 0 Å². The summed E-state index contributed by atoms with van der Waals surface area (Å²) in [5.74, 6) is 0.993. The lowest BCUT2D eigenvalue weighted by Gasteiger charge is -2.29. The minimum Gasteiger partial charge on any atom is -0.419 e. The maximum absolute atomic E-state index is 15.1. The average Bonchev–Trinajstić information content (AvgIpc) is 2.88. The molecular weight excluding hydrogens is 435 g/mol. The zero-order chi connectivity index (χ0) is 24.6. The lowest BCUT2D eigenvalue weighted by Crippen LogP contribution is -2.14. The Morgan fingerprint density at radius 3 is 2.23 bits per heavy atom. The molecule has 0 bridgehead atoms. The van der Waals surface area contributed by atoms with Crippen LogP contribution in [0, 0.1) is 11.7 Å². The van der Waals surface area contributed by atoms with Crippen molar-refractivity contribution in [2.75, 3.05) is 0 Å². The average molecular weight is 479 g/mol. The van der Waals surface area contributed by atoms with Gasteiger partial charge < -0.3 is 4.42 Å². The second-order valence-electron chi connectivity index (χ2n) is 10.8. The number of unbranched alkanes of at least 4 members (excludes halogenated alkanes) is 7. The van der Waals surface area contributed by atoms with Crippen LogP contribution in [0.25, 0.3) is 21.7 Å². The molecular formula is C32H43FO2. The fourth-order valence-electron chi connectivity index (χ4n) is 6.01. The van der Waals surface area contributed by atoms with Gasteiger partial charge in [-0.1, -0.05) is 95.9 Å². The van der Waals surface area contributed by atoms with Gasteiger partial charge in [0.2, 0.25) is 0 Å². The Hall–Kier alpha value is -2.16. The first kappa shape index (κ1) is 25.9.